The van der Waals surface area contributed by atoms with Crippen LogP contribution in [0.15, 0.2) is 0 Å². The van der Waals surface area contributed by atoms with Crippen LogP contribution in [0.5, 0.6) is 0 Å². The van der Waals surface area contributed by atoms with Crippen LogP contribution in [-0.2, 0) is 16.4 Å². The van der Waals surface area contributed by atoms with E-state index in [0.29, 0.717) is 36.5 Å². The summed E-state index contributed by atoms with van der Waals surface area (Å²) in [5, 5.41) is 7.06. The van der Waals surface area contributed by atoms with Crippen LogP contribution in [0.2, 0.25) is 0 Å². The lowest BCUT2D eigenvalue weighted by molar-refractivity contribution is 0.0924. The lowest BCUT2D eigenvalue weighted by Gasteiger charge is -2.23. The van der Waals surface area contributed by atoms with Gasteiger partial charge >= 0.3 is 0 Å². The van der Waals surface area contributed by atoms with E-state index in [1.165, 1.54) is 0 Å². The molecular weight excluding hydrogens is 280 g/mol. The van der Waals surface area contributed by atoms with Gasteiger partial charge in [-0.15, -0.1) is 0 Å². The average Bonchev–Trinajstić information content (AvgIpc) is 2.68. The normalized spacial score (nSPS) is 18.9. The predicted molar refractivity (Wildman–Crippen MR) is 76.2 cm³/mol. The first kappa shape index (κ1) is 14.8. The number of rotatable bonds is 3. The van der Waals surface area contributed by atoms with E-state index in [1.807, 2.05) is 6.92 Å². The first-order chi connectivity index (χ1) is 9.34. The van der Waals surface area contributed by atoms with Crippen LogP contribution in [-0.4, -0.2) is 41.7 Å². The molecule has 0 aliphatic carbocycles. The fourth-order valence-electron chi connectivity index (χ4n) is 2.35. The monoisotopic (exact) mass is 300 g/mol. The van der Waals surface area contributed by atoms with Crippen LogP contribution in [0.4, 0.5) is 5.69 Å². The van der Waals surface area contributed by atoms with E-state index in [2.05, 4.69) is 10.4 Å². The van der Waals surface area contributed by atoms with Gasteiger partial charge < -0.3 is 11.1 Å². The average molecular weight is 300 g/mol. The summed E-state index contributed by atoms with van der Waals surface area (Å²) in [6, 6.07) is -0.120. The molecule has 7 nitrogen and oxygen atoms in total. The number of nitrogens with two attached hydrogens (primary N) is 1. The summed E-state index contributed by atoms with van der Waals surface area (Å²) >= 11 is 0. The summed E-state index contributed by atoms with van der Waals surface area (Å²) in [6.45, 7) is 4.20. The van der Waals surface area contributed by atoms with Crippen LogP contribution in [0.25, 0.3) is 0 Å². The molecule has 0 unspecified atom stereocenters. The topological polar surface area (TPSA) is 107 Å². The number of hydrogen-bond acceptors (Lipinski definition) is 5. The van der Waals surface area contributed by atoms with Crippen LogP contribution in [0, 0.1) is 6.92 Å². The second-order valence-corrected chi connectivity index (χ2v) is 7.37. The van der Waals surface area contributed by atoms with Crippen LogP contribution in [0.1, 0.15) is 35.9 Å². The van der Waals surface area contributed by atoms with Crippen molar-refractivity contribution >= 4 is 21.4 Å². The highest BCUT2D eigenvalue weighted by Gasteiger charge is 2.27. The van der Waals surface area contributed by atoms with Gasteiger partial charge in [0.15, 0.2) is 0 Å². The molecule has 1 aromatic rings. The van der Waals surface area contributed by atoms with Crippen LogP contribution in [0.3, 0.4) is 0 Å². The van der Waals surface area contributed by atoms with E-state index in [4.69, 9.17) is 5.73 Å². The zero-order chi connectivity index (χ0) is 14.9. The molecule has 0 radical (unpaired) electrons. The Morgan fingerprint density at radius 3 is 2.60 bits per heavy atom. The number of amides is 1. The Morgan fingerprint density at radius 2 is 2.05 bits per heavy atom. The summed E-state index contributed by atoms with van der Waals surface area (Å²) < 4.78 is 24.3. The highest BCUT2D eigenvalue weighted by atomic mass is 32.2. The number of nitrogens with one attached hydrogen (secondary N) is 1. The summed E-state index contributed by atoms with van der Waals surface area (Å²) in [5.41, 5.74) is 7.26. The fourth-order valence-corrected chi connectivity index (χ4v) is 3.84. The van der Waals surface area contributed by atoms with E-state index >= 15 is 0 Å². The molecular formula is C12H20N4O3S. The van der Waals surface area contributed by atoms with Gasteiger partial charge in [0, 0.05) is 12.6 Å². The molecule has 1 aliphatic heterocycles. The third-order valence-electron chi connectivity index (χ3n) is 3.58. The van der Waals surface area contributed by atoms with Crippen molar-refractivity contribution in [1.82, 2.24) is 15.1 Å². The number of anilines is 1. The lowest BCUT2D eigenvalue weighted by Crippen LogP contribution is -2.41. The predicted octanol–water partition coefficient (Wildman–Crippen LogP) is 0.101. The van der Waals surface area contributed by atoms with Gasteiger partial charge in [0.25, 0.3) is 5.91 Å². The van der Waals surface area contributed by atoms with E-state index in [1.54, 1.807) is 11.6 Å². The summed E-state index contributed by atoms with van der Waals surface area (Å²) in [5.74, 6) is -0.0341. The maximum atomic E-state index is 12.3. The van der Waals surface area contributed by atoms with Crippen molar-refractivity contribution < 1.29 is 13.2 Å². The maximum Gasteiger partial charge on any atom is 0.271 e. The molecule has 1 aliphatic rings. The number of aromatic nitrogens is 2. The van der Waals surface area contributed by atoms with Gasteiger partial charge in [-0.3, -0.25) is 9.48 Å². The second-order valence-electron chi connectivity index (χ2n) is 5.06. The lowest BCUT2D eigenvalue weighted by atomic mass is 10.1. The Labute approximate surface area is 118 Å². The van der Waals surface area contributed by atoms with Crippen LogP contribution < -0.4 is 11.1 Å². The van der Waals surface area contributed by atoms with Crippen molar-refractivity contribution in [2.75, 3.05) is 17.2 Å². The van der Waals surface area contributed by atoms with Crippen molar-refractivity contribution in [2.24, 2.45) is 0 Å². The van der Waals surface area contributed by atoms with Crippen molar-refractivity contribution in [1.29, 1.82) is 0 Å². The molecule has 0 spiro atoms. The van der Waals surface area contributed by atoms with E-state index in [9.17, 15) is 13.2 Å². The molecule has 1 amide bonds. The summed E-state index contributed by atoms with van der Waals surface area (Å²) in [7, 11) is -2.93. The SMILES string of the molecule is CCn1nc(C)c(N)c1C(=O)NC1CCS(=O)(=O)CC1. The number of hydrogen-bond donors (Lipinski definition) is 2. The molecule has 2 rings (SSSR count). The number of carbonyl (C=O) groups is 1. The van der Waals surface area contributed by atoms with Gasteiger partial charge in [0.05, 0.1) is 22.9 Å². The minimum atomic E-state index is -2.93. The summed E-state index contributed by atoms with van der Waals surface area (Å²) in [4.78, 5) is 12.3. The quantitative estimate of drug-likeness (QED) is 0.823. The van der Waals surface area contributed by atoms with Gasteiger partial charge in [0.1, 0.15) is 15.5 Å². The smallest absolute Gasteiger partial charge is 0.271 e. The number of carbonyl (C=O) groups excluding carboxylic acids is 1. The zero-order valence-corrected chi connectivity index (χ0v) is 12.5. The Hall–Kier alpha value is -1.57. The molecule has 0 saturated carbocycles. The zero-order valence-electron chi connectivity index (χ0n) is 11.7. The Balaban J connectivity index is 2.10. The standard InChI is InChI=1S/C12H20N4O3S/c1-3-16-11(10(13)8(2)15-16)12(17)14-9-4-6-20(18,19)7-5-9/h9H,3-7,13H2,1-2H3,(H,14,17). The maximum absolute atomic E-state index is 12.3. The first-order valence-electron chi connectivity index (χ1n) is 6.68. The van der Waals surface area contributed by atoms with Gasteiger partial charge in [-0.2, -0.15) is 5.10 Å². The van der Waals surface area contributed by atoms with Gasteiger partial charge in [-0.1, -0.05) is 0 Å². The Kier molecular flexibility index (Phi) is 4.03. The molecule has 3 N–H and O–H groups in total. The molecule has 0 bridgehead atoms. The van der Waals surface area contributed by atoms with E-state index in [-0.39, 0.29) is 23.5 Å². The third-order valence-corrected chi connectivity index (χ3v) is 5.29. The van der Waals surface area contributed by atoms with Crippen LogP contribution >= 0.6 is 0 Å². The Morgan fingerprint density at radius 1 is 1.45 bits per heavy atom. The number of sulfone groups is 1. The summed E-state index contributed by atoms with van der Waals surface area (Å²) in [6.07, 6.45) is 0.903. The number of aryl methyl sites for hydroxylation is 2. The van der Waals surface area contributed by atoms with Gasteiger partial charge in [-0.05, 0) is 26.7 Å². The molecule has 112 valence electrons. The van der Waals surface area contributed by atoms with E-state index in [0.717, 1.165) is 0 Å². The van der Waals surface area contributed by atoms with Crippen molar-refractivity contribution in [3.63, 3.8) is 0 Å². The molecule has 1 fully saturated rings. The highest BCUT2D eigenvalue weighted by Crippen LogP contribution is 2.18. The van der Waals surface area contributed by atoms with Crippen molar-refractivity contribution in [3.05, 3.63) is 11.4 Å². The largest absolute Gasteiger partial charge is 0.395 e. The molecule has 1 aromatic heterocycles. The van der Waals surface area contributed by atoms with E-state index < -0.39 is 9.84 Å². The minimum Gasteiger partial charge on any atom is -0.395 e. The molecule has 20 heavy (non-hydrogen) atoms. The Bertz CT molecular complexity index is 607. The van der Waals surface area contributed by atoms with Crippen molar-refractivity contribution in [3.8, 4) is 0 Å². The molecule has 2 heterocycles. The van der Waals surface area contributed by atoms with Gasteiger partial charge in [0.2, 0.25) is 0 Å². The second kappa shape index (κ2) is 5.43. The third kappa shape index (κ3) is 2.95. The number of nitrogens with zero attached hydrogens (tertiary/aromatic N) is 2. The van der Waals surface area contributed by atoms with Gasteiger partial charge in [-0.25, -0.2) is 8.42 Å². The van der Waals surface area contributed by atoms with Crippen molar-refractivity contribution in [2.45, 2.75) is 39.3 Å². The molecule has 0 atom stereocenters. The molecule has 0 aromatic carbocycles. The molecule has 1 saturated heterocycles. The number of nitrogen functional groups attached to an aromatic ring is 1. The first-order valence-corrected chi connectivity index (χ1v) is 8.50. The minimum absolute atomic E-state index is 0.120. The fraction of sp³-hybridized carbons (Fsp3) is 0.667. The highest BCUT2D eigenvalue weighted by molar-refractivity contribution is 7.91. The molecule has 8 heteroatoms.